The van der Waals surface area contributed by atoms with Crippen molar-refractivity contribution in [1.82, 2.24) is 9.97 Å². The summed E-state index contributed by atoms with van der Waals surface area (Å²) in [5.41, 5.74) is 1.97. The number of anilines is 1. The molecular formula is C18H18ClN3O3. The van der Waals surface area contributed by atoms with Crippen molar-refractivity contribution in [2.75, 3.05) is 19.0 Å². The van der Waals surface area contributed by atoms with Crippen molar-refractivity contribution in [3.63, 3.8) is 0 Å². The largest absolute Gasteiger partial charge is 0.493 e. The van der Waals surface area contributed by atoms with Gasteiger partial charge in [0, 0.05) is 5.56 Å². The molecule has 0 aliphatic carbocycles. The van der Waals surface area contributed by atoms with Crippen LogP contribution in [0.2, 0.25) is 5.02 Å². The second kappa shape index (κ2) is 7.44. The summed E-state index contributed by atoms with van der Waals surface area (Å²) in [6.07, 6.45) is 0.841. The Hall–Kier alpha value is -2.73. The molecule has 0 unspecified atom stereocenters. The monoisotopic (exact) mass is 359 g/mol. The topological polar surface area (TPSA) is 76.2 Å². The van der Waals surface area contributed by atoms with E-state index in [9.17, 15) is 4.79 Å². The number of nitrogens with zero attached hydrogens (tertiary/aromatic N) is 1. The highest BCUT2D eigenvalue weighted by atomic mass is 35.5. The lowest BCUT2D eigenvalue weighted by molar-refractivity contribution is 0.102. The standard InChI is InChI=1S/C18H18ClN3O3/c1-3-8-25-16-12(19)9-11(10-15(16)24-2)17(23)22-18-20-13-6-4-5-7-14(13)21-18/h4-7,9-10H,3,8H2,1-2H3,(H2,20,21,22,23). The zero-order chi connectivity index (χ0) is 17.8. The molecule has 1 amide bonds. The molecule has 3 rings (SSSR count). The first kappa shape index (κ1) is 17.1. The predicted molar refractivity (Wildman–Crippen MR) is 97.8 cm³/mol. The van der Waals surface area contributed by atoms with Crippen molar-refractivity contribution in [2.45, 2.75) is 13.3 Å². The molecule has 6 nitrogen and oxygen atoms in total. The Labute approximate surface area is 150 Å². The second-order valence-corrected chi connectivity index (χ2v) is 5.80. The molecule has 0 saturated carbocycles. The molecule has 0 saturated heterocycles. The minimum Gasteiger partial charge on any atom is -0.493 e. The van der Waals surface area contributed by atoms with Crippen LogP contribution in [0, 0.1) is 0 Å². The van der Waals surface area contributed by atoms with Gasteiger partial charge in [-0.3, -0.25) is 10.1 Å². The maximum Gasteiger partial charge on any atom is 0.258 e. The molecule has 0 aliphatic heterocycles. The van der Waals surface area contributed by atoms with Crippen LogP contribution in [0.1, 0.15) is 23.7 Å². The van der Waals surface area contributed by atoms with Gasteiger partial charge in [-0.15, -0.1) is 0 Å². The molecule has 130 valence electrons. The normalized spacial score (nSPS) is 10.7. The fourth-order valence-corrected chi connectivity index (χ4v) is 2.65. The number of halogens is 1. The molecule has 0 radical (unpaired) electrons. The van der Waals surface area contributed by atoms with Crippen molar-refractivity contribution < 1.29 is 14.3 Å². The van der Waals surface area contributed by atoms with E-state index in [4.69, 9.17) is 21.1 Å². The van der Waals surface area contributed by atoms with Gasteiger partial charge in [0.15, 0.2) is 11.5 Å². The Balaban J connectivity index is 1.85. The third-order valence-electron chi connectivity index (χ3n) is 3.56. The van der Waals surface area contributed by atoms with Crippen molar-refractivity contribution in [3.05, 3.63) is 47.0 Å². The average Bonchev–Trinajstić information content (AvgIpc) is 3.02. The number of aromatic nitrogens is 2. The lowest BCUT2D eigenvalue weighted by Crippen LogP contribution is -2.13. The highest BCUT2D eigenvalue weighted by Crippen LogP contribution is 2.36. The van der Waals surface area contributed by atoms with E-state index in [1.54, 1.807) is 12.1 Å². The summed E-state index contributed by atoms with van der Waals surface area (Å²) in [5.74, 6) is 0.871. The van der Waals surface area contributed by atoms with E-state index in [2.05, 4.69) is 15.3 Å². The molecular weight excluding hydrogens is 342 g/mol. The lowest BCUT2D eigenvalue weighted by atomic mass is 10.2. The number of hydrogen-bond donors (Lipinski definition) is 2. The number of methoxy groups -OCH3 is 1. The van der Waals surface area contributed by atoms with Crippen molar-refractivity contribution in [1.29, 1.82) is 0 Å². The van der Waals surface area contributed by atoms with E-state index in [0.717, 1.165) is 17.5 Å². The van der Waals surface area contributed by atoms with E-state index >= 15 is 0 Å². The number of H-pyrrole nitrogens is 1. The molecule has 0 fully saturated rings. The maximum atomic E-state index is 12.5. The first-order valence-electron chi connectivity index (χ1n) is 7.88. The summed E-state index contributed by atoms with van der Waals surface area (Å²) in [6, 6.07) is 10.7. The molecule has 0 aliphatic rings. The molecule has 1 heterocycles. The Morgan fingerprint density at radius 1 is 1.32 bits per heavy atom. The van der Waals surface area contributed by atoms with Crippen LogP contribution in [0.3, 0.4) is 0 Å². The molecule has 0 spiro atoms. The van der Waals surface area contributed by atoms with Crippen molar-refractivity contribution in [3.8, 4) is 11.5 Å². The van der Waals surface area contributed by atoms with E-state index in [-0.39, 0.29) is 5.91 Å². The molecule has 25 heavy (non-hydrogen) atoms. The lowest BCUT2D eigenvalue weighted by Gasteiger charge is -2.13. The number of carbonyl (C=O) groups is 1. The smallest absolute Gasteiger partial charge is 0.258 e. The number of ether oxygens (including phenoxy) is 2. The molecule has 7 heteroatoms. The number of hydrogen-bond acceptors (Lipinski definition) is 4. The number of benzene rings is 2. The van der Waals surface area contributed by atoms with Gasteiger partial charge < -0.3 is 14.5 Å². The molecule has 2 N–H and O–H groups in total. The highest BCUT2D eigenvalue weighted by Gasteiger charge is 2.17. The first-order valence-corrected chi connectivity index (χ1v) is 8.26. The molecule has 3 aromatic rings. The van der Waals surface area contributed by atoms with Gasteiger partial charge in [-0.05, 0) is 30.7 Å². The van der Waals surface area contributed by atoms with Crippen LogP contribution in [0.25, 0.3) is 11.0 Å². The van der Waals surface area contributed by atoms with Gasteiger partial charge >= 0.3 is 0 Å². The fraction of sp³-hybridized carbons (Fsp3) is 0.222. The van der Waals surface area contributed by atoms with E-state index in [1.807, 2.05) is 31.2 Å². The van der Waals surface area contributed by atoms with Crippen LogP contribution in [-0.2, 0) is 0 Å². The average molecular weight is 360 g/mol. The SMILES string of the molecule is CCCOc1c(Cl)cc(C(=O)Nc2nc3ccccc3[nH]2)cc1OC. The summed E-state index contributed by atoms with van der Waals surface area (Å²) in [4.78, 5) is 19.9. The van der Waals surface area contributed by atoms with Crippen LogP contribution in [0.4, 0.5) is 5.95 Å². The predicted octanol–water partition coefficient (Wildman–Crippen LogP) is 4.27. The van der Waals surface area contributed by atoms with Gasteiger partial charge in [-0.2, -0.15) is 0 Å². The molecule has 0 bridgehead atoms. The van der Waals surface area contributed by atoms with Gasteiger partial charge in [0.05, 0.1) is 29.8 Å². The van der Waals surface area contributed by atoms with Gasteiger partial charge in [-0.25, -0.2) is 4.98 Å². The Morgan fingerprint density at radius 2 is 2.12 bits per heavy atom. The quantitative estimate of drug-likeness (QED) is 0.689. The number of carbonyl (C=O) groups excluding carboxylic acids is 1. The zero-order valence-electron chi connectivity index (χ0n) is 13.9. The molecule has 0 atom stereocenters. The van der Waals surface area contributed by atoms with E-state index < -0.39 is 0 Å². The minimum absolute atomic E-state index is 0.322. The Morgan fingerprint density at radius 3 is 2.84 bits per heavy atom. The zero-order valence-corrected chi connectivity index (χ0v) is 14.7. The first-order chi connectivity index (χ1) is 12.1. The van der Waals surface area contributed by atoms with Crippen LogP contribution in [-0.4, -0.2) is 29.6 Å². The van der Waals surface area contributed by atoms with Gasteiger partial charge in [0.1, 0.15) is 0 Å². The third-order valence-corrected chi connectivity index (χ3v) is 3.84. The number of imidazole rings is 1. The summed E-state index contributed by atoms with van der Waals surface area (Å²) in [7, 11) is 1.51. The number of aromatic amines is 1. The summed E-state index contributed by atoms with van der Waals surface area (Å²) < 4.78 is 10.9. The number of fused-ring (bicyclic) bond motifs is 1. The number of amides is 1. The van der Waals surface area contributed by atoms with Crippen molar-refractivity contribution >= 4 is 34.5 Å². The number of nitrogens with one attached hydrogen (secondary N) is 2. The van der Waals surface area contributed by atoms with Crippen LogP contribution < -0.4 is 14.8 Å². The van der Waals surface area contributed by atoms with Gasteiger partial charge in [0.2, 0.25) is 5.95 Å². The minimum atomic E-state index is -0.346. The fourth-order valence-electron chi connectivity index (χ4n) is 2.39. The molecule has 2 aromatic carbocycles. The maximum absolute atomic E-state index is 12.5. The number of para-hydroxylation sites is 2. The van der Waals surface area contributed by atoms with Gasteiger partial charge in [0.25, 0.3) is 5.91 Å². The summed E-state index contributed by atoms with van der Waals surface area (Å²) >= 11 is 6.25. The molecule has 1 aromatic heterocycles. The third kappa shape index (κ3) is 3.69. The van der Waals surface area contributed by atoms with E-state index in [0.29, 0.717) is 34.6 Å². The number of rotatable bonds is 6. The Bertz CT molecular complexity index is 875. The summed E-state index contributed by atoms with van der Waals surface area (Å²) in [6.45, 7) is 2.51. The van der Waals surface area contributed by atoms with Crippen LogP contribution in [0.5, 0.6) is 11.5 Å². The van der Waals surface area contributed by atoms with Crippen LogP contribution in [0.15, 0.2) is 36.4 Å². The van der Waals surface area contributed by atoms with Crippen LogP contribution >= 0.6 is 11.6 Å². The van der Waals surface area contributed by atoms with Crippen molar-refractivity contribution in [2.24, 2.45) is 0 Å². The Kier molecular flexibility index (Phi) is 5.09. The summed E-state index contributed by atoms with van der Waals surface area (Å²) in [5, 5.41) is 3.05. The van der Waals surface area contributed by atoms with Gasteiger partial charge in [-0.1, -0.05) is 30.7 Å². The van der Waals surface area contributed by atoms with E-state index in [1.165, 1.54) is 7.11 Å². The second-order valence-electron chi connectivity index (χ2n) is 5.39. The highest BCUT2D eigenvalue weighted by molar-refractivity contribution is 6.32.